The van der Waals surface area contributed by atoms with Crippen LogP contribution in [-0.4, -0.2) is 38.1 Å². The standard InChI is InChI=1S/C14H17N5O2S2/c1-2-19-9-16-18-14(19)23-8-13(21)17-10-5-3-4-6-11(10)22-7-12(15)20/h3-6,9H,2,7-8H2,1H3,(H2,15,20)(H,17,21). The Labute approximate surface area is 142 Å². The number of primary amides is 1. The predicted octanol–water partition coefficient (Wildman–Crippen LogP) is 1.61. The third-order valence-electron chi connectivity index (χ3n) is 2.78. The minimum absolute atomic E-state index is 0.146. The monoisotopic (exact) mass is 351 g/mol. The van der Waals surface area contributed by atoms with Gasteiger partial charge in [0.25, 0.3) is 0 Å². The van der Waals surface area contributed by atoms with Gasteiger partial charge < -0.3 is 15.6 Å². The molecule has 0 aliphatic heterocycles. The summed E-state index contributed by atoms with van der Waals surface area (Å²) in [5, 5.41) is 11.3. The molecule has 2 rings (SSSR count). The molecule has 2 amide bonds. The number of amides is 2. The molecule has 0 spiro atoms. The fraction of sp³-hybridized carbons (Fsp3) is 0.286. The normalized spacial score (nSPS) is 10.5. The Morgan fingerprint density at radius 1 is 1.26 bits per heavy atom. The van der Waals surface area contributed by atoms with Crippen LogP contribution in [0.3, 0.4) is 0 Å². The van der Waals surface area contributed by atoms with Crippen LogP contribution in [0, 0.1) is 0 Å². The Bertz CT molecular complexity index is 689. The van der Waals surface area contributed by atoms with E-state index in [0.29, 0.717) is 10.8 Å². The molecule has 3 N–H and O–H groups in total. The Morgan fingerprint density at radius 3 is 2.78 bits per heavy atom. The first-order chi connectivity index (χ1) is 11.1. The summed E-state index contributed by atoms with van der Waals surface area (Å²) in [4.78, 5) is 23.8. The minimum Gasteiger partial charge on any atom is -0.369 e. The third kappa shape index (κ3) is 5.29. The molecule has 1 aromatic heterocycles. The Hall–Kier alpha value is -2.00. The molecule has 2 aromatic rings. The summed E-state index contributed by atoms with van der Waals surface area (Å²) in [6.07, 6.45) is 1.63. The van der Waals surface area contributed by atoms with Gasteiger partial charge in [-0.3, -0.25) is 9.59 Å². The number of anilines is 1. The zero-order chi connectivity index (χ0) is 16.7. The summed E-state index contributed by atoms with van der Waals surface area (Å²) >= 11 is 2.62. The van der Waals surface area contributed by atoms with Gasteiger partial charge in [-0.05, 0) is 19.1 Å². The van der Waals surface area contributed by atoms with E-state index in [4.69, 9.17) is 5.73 Å². The van der Waals surface area contributed by atoms with Crippen LogP contribution in [0.15, 0.2) is 40.6 Å². The fourth-order valence-corrected chi connectivity index (χ4v) is 3.26. The van der Waals surface area contributed by atoms with Crippen LogP contribution in [0.5, 0.6) is 0 Å². The molecular weight excluding hydrogens is 334 g/mol. The van der Waals surface area contributed by atoms with Gasteiger partial charge in [0.15, 0.2) is 5.16 Å². The number of carbonyl (C=O) groups excluding carboxylic acids is 2. The molecule has 0 unspecified atom stereocenters. The molecule has 1 heterocycles. The van der Waals surface area contributed by atoms with Crippen LogP contribution in [0.1, 0.15) is 6.92 Å². The number of benzene rings is 1. The summed E-state index contributed by atoms with van der Waals surface area (Å²) in [7, 11) is 0. The highest BCUT2D eigenvalue weighted by Gasteiger charge is 2.11. The number of hydrogen-bond acceptors (Lipinski definition) is 6. The largest absolute Gasteiger partial charge is 0.369 e. The van der Waals surface area contributed by atoms with Gasteiger partial charge in [-0.25, -0.2) is 0 Å². The summed E-state index contributed by atoms with van der Waals surface area (Å²) in [6.45, 7) is 2.74. The van der Waals surface area contributed by atoms with E-state index in [0.717, 1.165) is 11.4 Å². The van der Waals surface area contributed by atoms with E-state index in [-0.39, 0.29) is 17.4 Å². The number of carbonyl (C=O) groups is 2. The summed E-state index contributed by atoms with van der Waals surface area (Å²) in [5.41, 5.74) is 5.82. The van der Waals surface area contributed by atoms with Crippen molar-refractivity contribution in [3.63, 3.8) is 0 Å². The molecule has 9 heteroatoms. The number of rotatable bonds is 8. The second-order valence-electron chi connectivity index (χ2n) is 4.49. The van der Waals surface area contributed by atoms with Crippen molar-refractivity contribution in [2.24, 2.45) is 5.73 Å². The molecule has 0 saturated carbocycles. The highest BCUT2D eigenvalue weighted by atomic mass is 32.2. The van der Waals surface area contributed by atoms with Crippen molar-refractivity contribution < 1.29 is 9.59 Å². The smallest absolute Gasteiger partial charge is 0.234 e. The topological polar surface area (TPSA) is 103 Å². The van der Waals surface area contributed by atoms with Crippen molar-refractivity contribution in [2.75, 3.05) is 16.8 Å². The second-order valence-corrected chi connectivity index (χ2v) is 6.45. The first kappa shape index (κ1) is 17.4. The van der Waals surface area contributed by atoms with Crippen molar-refractivity contribution in [1.29, 1.82) is 0 Å². The lowest BCUT2D eigenvalue weighted by atomic mass is 10.3. The SMILES string of the molecule is CCn1cnnc1SCC(=O)Nc1ccccc1SCC(N)=O. The van der Waals surface area contributed by atoms with Gasteiger partial charge in [0.2, 0.25) is 11.8 Å². The van der Waals surface area contributed by atoms with Crippen molar-refractivity contribution in [3.05, 3.63) is 30.6 Å². The van der Waals surface area contributed by atoms with Gasteiger partial charge >= 0.3 is 0 Å². The summed E-state index contributed by atoms with van der Waals surface area (Å²) in [5.74, 6) is -0.146. The van der Waals surface area contributed by atoms with E-state index in [1.807, 2.05) is 29.7 Å². The van der Waals surface area contributed by atoms with Gasteiger partial charge in [0.1, 0.15) is 6.33 Å². The molecule has 0 bridgehead atoms. The zero-order valence-electron chi connectivity index (χ0n) is 12.6. The van der Waals surface area contributed by atoms with Crippen LogP contribution in [0.25, 0.3) is 0 Å². The second kappa shape index (κ2) is 8.59. The first-order valence-electron chi connectivity index (χ1n) is 6.90. The van der Waals surface area contributed by atoms with Crippen molar-refractivity contribution in [2.45, 2.75) is 23.5 Å². The van der Waals surface area contributed by atoms with Crippen LogP contribution in [0.2, 0.25) is 0 Å². The van der Waals surface area contributed by atoms with Crippen LogP contribution in [-0.2, 0) is 16.1 Å². The molecule has 0 aliphatic rings. The van der Waals surface area contributed by atoms with Gasteiger partial charge in [-0.2, -0.15) is 0 Å². The summed E-state index contributed by atoms with van der Waals surface area (Å²) < 4.78 is 1.87. The average Bonchev–Trinajstić information content (AvgIpc) is 2.99. The van der Waals surface area contributed by atoms with E-state index in [9.17, 15) is 9.59 Å². The third-order valence-corrected chi connectivity index (χ3v) is 4.86. The molecule has 0 radical (unpaired) electrons. The van der Waals surface area contributed by atoms with E-state index in [1.54, 1.807) is 12.4 Å². The molecule has 0 fully saturated rings. The maximum atomic E-state index is 12.1. The molecule has 7 nitrogen and oxygen atoms in total. The first-order valence-corrected chi connectivity index (χ1v) is 8.88. The van der Waals surface area contributed by atoms with E-state index in [1.165, 1.54) is 23.5 Å². The van der Waals surface area contributed by atoms with E-state index >= 15 is 0 Å². The number of thioether (sulfide) groups is 2. The zero-order valence-corrected chi connectivity index (χ0v) is 14.2. The number of nitrogens with zero attached hydrogens (tertiary/aromatic N) is 3. The maximum Gasteiger partial charge on any atom is 0.234 e. The maximum absolute atomic E-state index is 12.1. The summed E-state index contributed by atoms with van der Waals surface area (Å²) in [6, 6.07) is 7.30. The lowest BCUT2D eigenvalue weighted by Crippen LogP contribution is -2.16. The number of aryl methyl sites for hydroxylation is 1. The molecule has 122 valence electrons. The lowest BCUT2D eigenvalue weighted by Gasteiger charge is -2.10. The fourth-order valence-electron chi connectivity index (χ4n) is 1.73. The van der Waals surface area contributed by atoms with Crippen molar-refractivity contribution in [1.82, 2.24) is 14.8 Å². The van der Waals surface area contributed by atoms with Crippen molar-refractivity contribution >= 4 is 41.0 Å². The lowest BCUT2D eigenvalue weighted by molar-refractivity contribution is -0.115. The van der Waals surface area contributed by atoms with Crippen LogP contribution < -0.4 is 11.1 Å². The van der Waals surface area contributed by atoms with E-state index in [2.05, 4.69) is 15.5 Å². The highest BCUT2D eigenvalue weighted by Crippen LogP contribution is 2.27. The highest BCUT2D eigenvalue weighted by molar-refractivity contribution is 8.00. The van der Waals surface area contributed by atoms with Crippen molar-refractivity contribution in [3.8, 4) is 0 Å². The average molecular weight is 351 g/mol. The Kier molecular flexibility index (Phi) is 6.48. The molecule has 0 saturated heterocycles. The van der Waals surface area contributed by atoms with Crippen LogP contribution in [0.4, 0.5) is 5.69 Å². The number of nitrogens with two attached hydrogens (primary N) is 1. The number of para-hydroxylation sites is 1. The molecule has 0 atom stereocenters. The van der Waals surface area contributed by atoms with Gasteiger partial charge in [0, 0.05) is 11.4 Å². The van der Waals surface area contributed by atoms with Gasteiger partial charge in [-0.15, -0.1) is 22.0 Å². The molecular formula is C14H17N5O2S2. The predicted molar refractivity (Wildman–Crippen MR) is 91.4 cm³/mol. The quantitative estimate of drug-likeness (QED) is 0.700. The number of nitrogens with one attached hydrogen (secondary N) is 1. The Morgan fingerprint density at radius 2 is 2.04 bits per heavy atom. The number of aromatic nitrogens is 3. The Balaban J connectivity index is 1.93. The molecule has 0 aliphatic carbocycles. The molecule has 23 heavy (non-hydrogen) atoms. The van der Waals surface area contributed by atoms with Gasteiger partial charge in [-0.1, -0.05) is 23.9 Å². The van der Waals surface area contributed by atoms with Crippen LogP contribution >= 0.6 is 23.5 Å². The van der Waals surface area contributed by atoms with E-state index < -0.39 is 5.91 Å². The molecule has 1 aromatic carbocycles. The minimum atomic E-state index is -0.398. The number of hydrogen-bond donors (Lipinski definition) is 2. The van der Waals surface area contributed by atoms with Gasteiger partial charge in [0.05, 0.1) is 17.2 Å².